The Morgan fingerprint density at radius 1 is 1.07 bits per heavy atom. The van der Waals surface area contributed by atoms with E-state index in [2.05, 4.69) is 0 Å². The lowest BCUT2D eigenvalue weighted by atomic mass is 10.0. The Bertz CT molecular complexity index is 831. The summed E-state index contributed by atoms with van der Waals surface area (Å²) in [4.78, 5) is 27.1. The molecule has 2 N–H and O–H groups in total. The minimum Gasteiger partial charge on any atom is -0.340 e. The molecule has 1 aromatic rings. The van der Waals surface area contributed by atoms with Crippen molar-refractivity contribution in [2.45, 2.75) is 43.9 Å². The van der Waals surface area contributed by atoms with Gasteiger partial charge in [-0.15, -0.1) is 0 Å². The van der Waals surface area contributed by atoms with Gasteiger partial charge in [-0.05, 0) is 24.5 Å². The second kappa shape index (κ2) is 8.44. The second-order valence-electron chi connectivity index (χ2n) is 7.82. The average molecular weight is 437 g/mol. The molecule has 30 heavy (non-hydrogen) atoms. The van der Waals surface area contributed by atoms with Crippen LogP contribution in [0.5, 0.6) is 0 Å². The first-order valence-electron chi connectivity index (χ1n) is 9.47. The zero-order valence-electron chi connectivity index (χ0n) is 15.9. The van der Waals surface area contributed by atoms with Crippen molar-refractivity contribution in [1.29, 1.82) is 0 Å². The van der Waals surface area contributed by atoms with Crippen molar-refractivity contribution < 1.29 is 35.9 Å². The van der Waals surface area contributed by atoms with Gasteiger partial charge in [-0.1, -0.05) is 0 Å². The number of carbonyl (C=O) groups excluding carboxylic acids is 2. The van der Waals surface area contributed by atoms with Crippen LogP contribution in [0.2, 0.25) is 0 Å². The van der Waals surface area contributed by atoms with Gasteiger partial charge in [0.05, 0.1) is 6.04 Å². The number of alkyl halides is 3. The second-order valence-corrected chi connectivity index (χ2v) is 7.82. The SMILES string of the molecule is NC(CC(=O)N1CCC2CN(C(=O)CC(F)(F)F)CC21)Cc1cc(F)c(F)cc1F. The van der Waals surface area contributed by atoms with Gasteiger partial charge < -0.3 is 15.5 Å². The Hall–Kier alpha value is -2.30. The van der Waals surface area contributed by atoms with Gasteiger partial charge in [0.15, 0.2) is 11.6 Å². The number of likely N-dealkylation sites (tertiary alicyclic amines) is 2. The van der Waals surface area contributed by atoms with Gasteiger partial charge >= 0.3 is 6.18 Å². The minimum atomic E-state index is -4.59. The van der Waals surface area contributed by atoms with Crippen LogP contribution < -0.4 is 5.73 Å². The molecule has 5 nitrogen and oxygen atoms in total. The van der Waals surface area contributed by atoms with Gasteiger partial charge in [-0.2, -0.15) is 13.2 Å². The first kappa shape index (κ1) is 22.4. The number of nitrogens with zero attached hydrogens (tertiary/aromatic N) is 2. The zero-order chi connectivity index (χ0) is 22.2. The Kier molecular flexibility index (Phi) is 6.30. The van der Waals surface area contributed by atoms with E-state index in [0.717, 1.165) is 4.90 Å². The highest BCUT2D eigenvalue weighted by molar-refractivity contribution is 5.79. The fraction of sp³-hybridized carbons (Fsp3) is 0.579. The largest absolute Gasteiger partial charge is 0.397 e. The molecular formula is C19H21F6N3O2. The highest BCUT2D eigenvalue weighted by atomic mass is 19.4. The molecule has 0 aliphatic carbocycles. The number of rotatable bonds is 5. The summed E-state index contributed by atoms with van der Waals surface area (Å²) in [5.74, 6) is -5.01. The van der Waals surface area contributed by atoms with Crippen molar-refractivity contribution in [3.63, 3.8) is 0 Å². The molecule has 2 aliphatic heterocycles. The van der Waals surface area contributed by atoms with E-state index < -0.39 is 42.0 Å². The van der Waals surface area contributed by atoms with E-state index in [1.165, 1.54) is 4.90 Å². The maximum Gasteiger partial charge on any atom is 0.397 e. The molecule has 0 saturated carbocycles. The molecule has 0 spiro atoms. The predicted molar refractivity (Wildman–Crippen MR) is 93.5 cm³/mol. The van der Waals surface area contributed by atoms with Crippen LogP contribution in [-0.2, 0) is 16.0 Å². The van der Waals surface area contributed by atoms with E-state index in [4.69, 9.17) is 5.73 Å². The van der Waals surface area contributed by atoms with Crippen LogP contribution in [0, 0.1) is 23.4 Å². The minimum absolute atomic E-state index is 0.0262. The van der Waals surface area contributed by atoms with Gasteiger partial charge in [-0.25, -0.2) is 13.2 Å². The van der Waals surface area contributed by atoms with Gasteiger partial charge in [0.25, 0.3) is 0 Å². The quantitative estimate of drug-likeness (QED) is 0.568. The van der Waals surface area contributed by atoms with Gasteiger partial charge in [0.2, 0.25) is 11.8 Å². The monoisotopic (exact) mass is 437 g/mol. The highest BCUT2D eigenvalue weighted by Crippen LogP contribution is 2.33. The molecule has 3 atom stereocenters. The van der Waals surface area contributed by atoms with E-state index in [1.54, 1.807) is 0 Å². The van der Waals surface area contributed by atoms with Gasteiger partial charge in [-0.3, -0.25) is 9.59 Å². The number of hydrogen-bond donors (Lipinski definition) is 1. The fourth-order valence-electron chi connectivity index (χ4n) is 4.17. The summed E-state index contributed by atoms with van der Waals surface area (Å²) < 4.78 is 77.5. The number of fused-ring (bicyclic) bond motifs is 1. The molecule has 2 saturated heterocycles. The van der Waals surface area contributed by atoms with Crippen molar-refractivity contribution in [3.05, 3.63) is 35.1 Å². The zero-order valence-corrected chi connectivity index (χ0v) is 15.9. The average Bonchev–Trinajstić information content (AvgIpc) is 3.18. The van der Waals surface area contributed by atoms with Gasteiger partial charge in [0.1, 0.15) is 12.2 Å². The molecule has 3 unspecified atom stereocenters. The number of nitrogens with two attached hydrogens (primary N) is 1. The van der Waals surface area contributed by atoms with E-state index in [-0.39, 0.29) is 49.4 Å². The third kappa shape index (κ3) is 5.05. The van der Waals surface area contributed by atoms with E-state index in [0.29, 0.717) is 25.1 Å². The molecule has 11 heteroatoms. The Morgan fingerprint density at radius 3 is 2.40 bits per heavy atom. The third-order valence-corrected chi connectivity index (χ3v) is 5.58. The lowest BCUT2D eigenvalue weighted by molar-refractivity contribution is -0.161. The van der Waals surface area contributed by atoms with Gasteiger partial charge in [0, 0.05) is 44.1 Å². The summed E-state index contributed by atoms with van der Waals surface area (Å²) >= 11 is 0. The Balaban J connectivity index is 1.57. The van der Waals surface area contributed by atoms with Crippen LogP contribution in [-0.4, -0.2) is 59.5 Å². The Morgan fingerprint density at radius 2 is 1.73 bits per heavy atom. The van der Waals surface area contributed by atoms with Crippen LogP contribution in [0.25, 0.3) is 0 Å². The molecule has 2 fully saturated rings. The van der Waals surface area contributed by atoms with Crippen molar-refractivity contribution >= 4 is 11.8 Å². The summed E-state index contributed by atoms with van der Waals surface area (Å²) in [5, 5.41) is 0. The smallest absolute Gasteiger partial charge is 0.340 e. The number of carbonyl (C=O) groups is 2. The van der Waals surface area contributed by atoms with E-state index in [1.807, 2.05) is 0 Å². The maximum absolute atomic E-state index is 13.8. The highest BCUT2D eigenvalue weighted by Gasteiger charge is 2.46. The van der Waals surface area contributed by atoms with Crippen LogP contribution >= 0.6 is 0 Å². The molecular weight excluding hydrogens is 416 g/mol. The van der Waals surface area contributed by atoms with Crippen molar-refractivity contribution in [3.8, 4) is 0 Å². The standard InChI is InChI=1S/C19H21F6N3O2/c20-13-6-15(22)14(21)4-11(13)3-12(26)5-17(29)28-2-1-10-8-27(9-16(10)28)18(30)7-19(23,24)25/h4,6,10,12,16H,1-3,5,7-9,26H2. The fourth-order valence-corrected chi connectivity index (χ4v) is 4.17. The number of hydrogen-bond acceptors (Lipinski definition) is 3. The Labute approximate surface area is 168 Å². The summed E-state index contributed by atoms with van der Waals surface area (Å²) in [6.07, 6.45) is -5.96. The number of benzene rings is 1. The first-order valence-corrected chi connectivity index (χ1v) is 9.47. The van der Waals surface area contributed by atoms with E-state index >= 15 is 0 Å². The number of amides is 2. The van der Waals surface area contributed by atoms with Crippen LogP contribution in [0.4, 0.5) is 26.3 Å². The normalized spacial score (nSPS) is 22.4. The lowest BCUT2D eigenvalue weighted by Crippen LogP contribution is -2.43. The molecule has 0 aromatic heterocycles. The van der Waals surface area contributed by atoms with Crippen molar-refractivity contribution in [2.24, 2.45) is 11.7 Å². The summed E-state index contributed by atoms with van der Waals surface area (Å²) in [6.45, 7) is 0.579. The molecule has 0 bridgehead atoms. The molecule has 2 heterocycles. The molecule has 2 aliphatic rings. The summed E-state index contributed by atoms with van der Waals surface area (Å²) in [6, 6.07) is -0.140. The van der Waals surface area contributed by atoms with E-state index in [9.17, 15) is 35.9 Å². The molecule has 166 valence electrons. The number of halogens is 6. The lowest BCUT2D eigenvalue weighted by Gasteiger charge is -2.26. The molecule has 1 aromatic carbocycles. The summed E-state index contributed by atoms with van der Waals surface area (Å²) in [7, 11) is 0. The first-order chi connectivity index (χ1) is 13.9. The van der Waals surface area contributed by atoms with Crippen molar-refractivity contribution in [1.82, 2.24) is 9.80 Å². The van der Waals surface area contributed by atoms with Crippen LogP contribution in [0.1, 0.15) is 24.8 Å². The molecule has 2 amide bonds. The molecule has 0 radical (unpaired) electrons. The molecule has 3 rings (SSSR count). The van der Waals surface area contributed by atoms with Crippen LogP contribution in [0.15, 0.2) is 12.1 Å². The topological polar surface area (TPSA) is 66.6 Å². The third-order valence-electron chi connectivity index (χ3n) is 5.58. The van der Waals surface area contributed by atoms with Crippen molar-refractivity contribution in [2.75, 3.05) is 19.6 Å². The summed E-state index contributed by atoms with van der Waals surface area (Å²) in [5.41, 5.74) is 5.74. The van der Waals surface area contributed by atoms with Crippen LogP contribution in [0.3, 0.4) is 0 Å². The predicted octanol–water partition coefficient (Wildman–Crippen LogP) is 2.38. The maximum atomic E-state index is 13.8.